The van der Waals surface area contributed by atoms with Crippen molar-refractivity contribution in [3.05, 3.63) is 22.7 Å². The highest BCUT2D eigenvalue weighted by Crippen LogP contribution is 2.39. The van der Waals surface area contributed by atoms with E-state index in [1.54, 1.807) is 12.1 Å². The van der Waals surface area contributed by atoms with E-state index in [2.05, 4.69) is 0 Å². The Morgan fingerprint density at radius 2 is 1.81 bits per heavy atom. The molecule has 21 heavy (non-hydrogen) atoms. The number of hydrogen-bond donors (Lipinski definition) is 1. The summed E-state index contributed by atoms with van der Waals surface area (Å²) in [5, 5.41) is 9.59. The molecule has 0 heterocycles. The predicted octanol–water partition coefficient (Wildman–Crippen LogP) is 4.50. The highest BCUT2D eigenvalue weighted by Gasteiger charge is 2.21. The first-order chi connectivity index (χ1) is 10.0. The fourth-order valence-corrected chi connectivity index (χ4v) is 2.57. The van der Waals surface area contributed by atoms with Crippen LogP contribution in [0.2, 0.25) is 5.02 Å². The first-order valence-electron chi connectivity index (χ1n) is 7.34. The first kappa shape index (κ1) is 17.6. The van der Waals surface area contributed by atoms with Crippen molar-refractivity contribution in [2.24, 2.45) is 0 Å². The molecule has 1 aromatic carbocycles. The Labute approximate surface area is 131 Å². The van der Waals surface area contributed by atoms with Gasteiger partial charge in [0.15, 0.2) is 0 Å². The lowest BCUT2D eigenvalue weighted by atomic mass is 9.90. The van der Waals surface area contributed by atoms with Gasteiger partial charge in [-0.1, -0.05) is 24.9 Å². The summed E-state index contributed by atoms with van der Waals surface area (Å²) >= 11 is 6.23. The van der Waals surface area contributed by atoms with Crippen LogP contribution in [0.3, 0.4) is 0 Å². The Bertz CT molecular complexity index is 474. The van der Waals surface area contributed by atoms with Crippen LogP contribution < -0.4 is 9.47 Å². The minimum absolute atomic E-state index is 0.0677. The number of ether oxygens (including phenoxy) is 2. The van der Waals surface area contributed by atoms with Crippen molar-refractivity contribution in [3.8, 4) is 11.5 Å². The molecule has 0 bridgehead atoms. The Balaban J connectivity index is 3.22. The standard InChI is InChI=1S/C16H23ClO4/c1-4-7-11(8-16(18)19)12-9-13(17)15(21-6-3)10-14(12)20-5-2/h9-11H,4-8H2,1-3H3,(H,18,19). The predicted molar refractivity (Wildman–Crippen MR) is 83.7 cm³/mol. The summed E-state index contributed by atoms with van der Waals surface area (Å²) < 4.78 is 11.1. The second-order valence-corrected chi connectivity index (χ2v) is 5.18. The van der Waals surface area contributed by atoms with Crippen LogP contribution in [0.5, 0.6) is 11.5 Å². The van der Waals surface area contributed by atoms with Crippen LogP contribution in [0.15, 0.2) is 12.1 Å². The molecule has 1 aromatic rings. The number of hydrogen-bond acceptors (Lipinski definition) is 3. The van der Waals surface area contributed by atoms with Crippen molar-refractivity contribution >= 4 is 17.6 Å². The number of benzene rings is 1. The van der Waals surface area contributed by atoms with Gasteiger partial charge < -0.3 is 14.6 Å². The maximum atomic E-state index is 11.1. The molecule has 5 heteroatoms. The molecule has 0 aliphatic heterocycles. The fraction of sp³-hybridized carbons (Fsp3) is 0.562. The minimum Gasteiger partial charge on any atom is -0.493 e. The lowest BCUT2D eigenvalue weighted by Gasteiger charge is -2.20. The second-order valence-electron chi connectivity index (χ2n) is 4.77. The summed E-state index contributed by atoms with van der Waals surface area (Å²) in [6.07, 6.45) is 1.74. The lowest BCUT2D eigenvalue weighted by molar-refractivity contribution is -0.137. The SMILES string of the molecule is CCCC(CC(=O)O)c1cc(Cl)c(OCC)cc1OCC. The third-order valence-electron chi connectivity index (χ3n) is 3.16. The molecular formula is C16H23ClO4. The molecule has 1 atom stereocenters. The summed E-state index contributed by atoms with van der Waals surface area (Å²) in [4.78, 5) is 11.1. The molecule has 0 aliphatic rings. The van der Waals surface area contributed by atoms with Gasteiger partial charge in [0.25, 0.3) is 0 Å². The summed E-state index contributed by atoms with van der Waals surface area (Å²) in [6, 6.07) is 3.54. The number of carboxylic acids is 1. The highest BCUT2D eigenvalue weighted by atomic mass is 35.5. The van der Waals surface area contributed by atoms with Crippen molar-refractivity contribution < 1.29 is 19.4 Å². The fourth-order valence-electron chi connectivity index (χ4n) is 2.34. The highest BCUT2D eigenvalue weighted by molar-refractivity contribution is 6.32. The van der Waals surface area contributed by atoms with Gasteiger partial charge in [-0.3, -0.25) is 4.79 Å². The smallest absolute Gasteiger partial charge is 0.303 e. The van der Waals surface area contributed by atoms with E-state index >= 15 is 0 Å². The normalized spacial score (nSPS) is 12.0. The molecule has 0 fully saturated rings. The monoisotopic (exact) mass is 314 g/mol. The topological polar surface area (TPSA) is 55.8 Å². The van der Waals surface area contributed by atoms with E-state index in [1.807, 2.05) is 20.8 Å². The summed E-state index contributed by atoms with van der Waals surface area (Å²) in [6.45, 7) is 6.83. The lowest BCUT2D eigenvalue weighted by Crippen LogP contribution is -2.09. The van der Waals surface area contributed by atoms with Crippen LogP contribution in [0.4, 0.5) is 0 Å². The van der Waals surface area contributed by atoms with Crippen molar-refractivity contribution in [1.29, 1.82) is 0 Å². The zero-order valence-corrected chi connectivity index (χ0v) is 13.6. The molecule has 0 amide bonds. The van der Waals surface area contributed by atoms with Gasteiger partial charge in [0.1, 0.15) is 11.5 Å². The molecule has 4 nitrogen and oxygen atoms in total. The van der Waals surface area contributed by atoms with Crippen LogP contribution in [0, 0.1) is 0 Å². The van der Waals surface area contributed by atoms with Crippen LogP contribution >= 0.6 is 11.6 Å². The van der Waals surface area contributed by atoms with Gasteiger partial charge in [-0.15, -0.1) is 0 Å². The van der Waals surface area contributed by atoms with Crippen LogP contribution in [0.25, 0.3) is 0 Å². The minimum atomic E-state index is -0.819. The molecule has 0 spiro atoms. The van der Waals surface area contributed by atoms with Gasteiger partial charge in [-0.05, 0) is 37.8 Å². The number of aliphatic carboxylic acids is 1. The van der Waals surface area contributed by atoms with Gasteiger partial charge in [-0.2, -0.15) is 0 Å². The second kappa shape index (κ2) is 8.78. The zero-order valence-electron chi connectivity index (χ0n) is 12.8. The molecule has 0 radical (unpaired) electrons. The summed E-state index contributed by atoms with van der Waals surface area (Å²) in [5.41, 5.74) is 0.842. The summed E-state index contributed by atoms with van der Waals surface area (Å²) in [5.74, 6) is 0.296. The van der Waals surface area contributed by atoms with Crippen LogP contribution in [-0.2, 0) is 4.79 Å². The first-order valence-corrected chi connectivity index (χ1v) is 7.72. The van der Waals surface area contributed by atoms with Gasteiger partial charge in [0.2, 0.25) is 0 Å². The van der Waals surface area contributed by atoms with Crippen LogP contribution in [-0.4, -0.2) is 24.3 Å². The van der Waals surface area contributed by atoms with E-state index in [0.29, 0.717) is 29.7 Å². The average Bonchev–Trinajstić information content (AvgIpc) is 2.42. The average molecular weight is 315 g/mol. The molecule has 1 rings (SSSR count). The molecule has 118 valence electrons. The van der Waals surface area contributed by atoms with Crippen molar-refractivity contribution in [3.63, 3.8) is 0 Å². The van der Waals surface area contributed by atoms with E-state index < -0.39 is 5.97 Å². The largest absolute Gasteiger partial charge is 0.493 e. The third-order valence-corrected chi connectivity index (χ3v) is 3.46. The van der Waals surface area contributed by atoms with Crippen LogP contribution in [0.1, 0.15) is 51.5 Å². The maximum Gasteiger partial charge on any atom is 0.303 e. The molecule has 1 N–H and O–H groups in total. The van der Waals surface area contributed by atoms with Gasteiger partial charge in [0, 0.05) is 6.07 Å². The van der Waals surface area contributed by atoms with Gasteiger partial charge >= 0.3 is 5.97 Å². The van der Waals surface area contributed by atoms with E-state index in [1.165, 1.54) is 0 Å². The number of carboxylic acid groups (broad SMARTS) is 1. The molecular weight excluding hydrogens is 292 g/mol. The molecule has 1 unspecified atom stereocenters. The van der Waals surface area contributed by atoms with E-state index in [4.69, 9.17) is 26.2 Å². The van der Waals surface area contributed by atoms with E-state index in [9.17, 15) is 4.79 Å². The molecule has 0 saturated carbocycles. The van der Waals surface area contributed by atoms with Gasteiger partial charge in [-0.25, -0.2) is 0 Å². The maximum absolute atomic E-state index is 11.1. The Morgan fingerprint density at radius 3 is 2.33 bits per heavy atom. The van der Waals surface area contributed by atoms with E-state index in [-0.39, 0.29) is 12.3 Å². The Hall–Kier alpha value is -1.42. The Kier molecular flexibility index (Phi) is 7.37. The third kappa shape index (κ3) is 5.12. The number of rotatable bonds is 9. The van der Waals surface area contributed by atoms with Crippen molar-refractivity contribution in [2.45, 2.75) is 46.0 Å². The number of carbonyl (C=O) groups is 1. The van der Waals surface area contributed by atoms with Gasteiger partial charge in [0.05, 0.1) is 24.7 Å². The van der Waals surface area contributed by atoms with Crippen molar-refractivity contribution in [2.75, 3.05) is 13.2 Å². The molecule has 0 aliphatic carbocycles. The summed E-state index contributed by atoms with van der Waals surface area (Å²) in [7, 11) is 0. The molecule has 0 aromatic heterocycles. The van der Waals surface area contributed by atoms with E-state index in [0.717, 1.165) is 18.4 Å². The Morgan fingerprint density at radius 1 is 1.19 bits per heavy atom. The molecule has 0 saturated heterocycles. The number of halogens is 1. The quantitative estimate of drug-likeness (QED) is 0.729. The van der Waals surface area contributed by atoms with Crippen molar-refractivity contribution in [1.82, 2.24) is 0 Å². The zero-order chi connectivity index (χ0) is 15.8.